The quantitative estimate of drug-likeness (QED) is 0.671. The van der Waals surface area contributed by atoms with Gasteiger partial charge < -0.3 is 10.1 Å². The molecule has 0 bridgehead atoms. The topological polar surface area (TPSA) is 51.2 Å². The maximum atomic E-state index is 11.2. The standard InChI is InChI=1S/C12H15BrN2O2/c13-7-1-2-8-17-11-6-4-9-3-5-10(16)14-12(9)15-11/h4,6H,1-3,5,7-8H2,(H,14,15,16). The Morgan fingerprint density at radius 3 is 3.06 bits per heavy atom. The Balaban J connectivity index is 1.95. The maximum absolute atomic E-state index is 11.2. The zero-order chi connectivity index (χ0) is 12.1. The van der Waals surface area contributed by atoms with Gasteiger partial charge in [-0.2, -0.15) is 4.98 Å². The number of alkyl halides is 1. The monoisotopic (exact) mass is 298 g/mol. The fourth-order valence-electron chi connectivity index (χ4n) is 1.68. The SMILES string of the molecule is O=C1CCc2ccc(OCCCCBr)nc2N1. The third kappa shape index (κ3) is 3.43. The van der Waals surface area contributed by atoms with Crippen molar-refractivity contribution in [1.29, 1.82) is 0 Å². The molecule has 1 N–H and O–H groups in total. The summed E-state index contributed by atoms with van der Waals surface area (Å²) < 4.78 is 5.53. The van der Waals surface area contributed by atoms with E-state index < -0.39 is 0 Å². The van der Waals surface area contributed by atoms with Crippen molar-refractivity contribution >= 4 is 27.7 Å². The number of fused-ring (bicyclic) bond motifs is 1. The van der Waals surface area contributed by atoms with Crippen molar-refractivity contribution in [1.82, 2.24) is 4.98 Å². The Kier molecular flexibility index (Phi) is 4.36. The van der Waals surface area contributed by atoms with Crippen LogP contribution in [0, 0.1) is 0 Å². The third-order valence-electron chi connectivity index (χ3n) is 2.61. The van der Waals surface area contributed by atoms with E-state index in [0.717, 1.165) is 30.2 Å². The first-order chi connectivity index (χ1) is 8.29. The van der Waals surface area contributed by atoms with E-state index in [1.165, 1.54) is 0 Å². The van der Waals surface area contributed by atoms with E-state index in [0.29, 0.717) is 24.7 Å². The Bertz CT molecular complexity index is 409. The van der Waals surface area contributed by atoms with E-state index in [9.17, 15) is 4.79 Å². The lowest BCUT2D eigenvalue weighted by molar-refractivity contribution is -0.116. The molecule has 92 valence electrons. The molecule has 0 saturated heterocycles. The van der Waals surface area contributed by atoms with Crippen molar-refractivity contribution in [2.45, 2.75) is 25.7 Å². The highest BCUT2D eigenvalue weighted by Gasteiger charge is 2.16. The van der Waals surface area contributed by atoms with Crippen LogP contribution in [0.2, 0.25) is 0 Å². The van der Waals surface area contributed by atoms with Crippen LogP contribution in [0.4, 0.5) is 5.82 Å². The molecule has 5 heteroatoms. The first-order valence-corrected chi connectivity index (χ1v) is 6.90. The molecular weight excluding hydrogens is 284 g/mol. The number of halogens is 1. The number of hydrogen-bond donors (Lipinski definition) is 1. The van der Waals surface area contributed by atoms with E-state index in [4.69, 9.17) is 4.74 Å². The molecular formula is C12H15BrN2O2. The van der Waals surface area contributed by atoms with Crippen LogP contribution in [0.1, 0.15) is 24.8 Å². The van der Waals surface area contributed by atoms with Crippen LogP contribution in [0.15, 0.2) is 12.1 Å². The van der Waals surface area contributed by atoms with Crippen molar-refractivity contribution < 1.29 is 9.53 Å². The molecule has 0 atom stereocenters. The predicted octanol–water partition coefficient (Wildman–Crippen LogP) is 2.52. The number of unbranched alkanes of at least 4 members (excludes halogenated alkanes) is 1. The maximum Gasteiger partial charge on any atom is 0.225 e. The molecule has 0 unspecified atom stereocenters. The average Bonchev–Trinajstić information content (AvgIpc) is 2.34. The predicted molar refractivity (Wildman–Crippen MR) is 69.7 cm³/mol. The Morgan fingerprint density at radius 1 is 1.35 bits per heavy atom. The zero-order valence-electron chi connectivity index (χ0n) is 9.54. The lowest BCUT2D eigenvalue weighted by Crippen LogP contribution is -2.20. The van der Waals surface area contributed by atoms with Gasteiger partial charge in [0.25, 0.3) is 0 Å². The molecule has 4 nitrogen and oxygen atoms in total. The number of amides is 1. The zero-order valence-corrected chi connectivity index (χ0v) is 11.1. The van der Waals surface area contributed by atoms with Gasteiger partial charge in [-0.1, -0.05) is 15.9 Å². The summed E-state index contributed by atoms with van der Waals surface area (Å²) in [5.74, 6) is 1.27. The largest absolute Gasteiger partial charge is 0.478 e. The van der Waals surface area contributed by atoms with Crippen LogP contribution >= 0.6 is 15.9 Å². The summed E-state index contributed by atoms with van der Waals surface area (Å²) in [5, 5.41) is 3.75. The Morgan fingerprint density at radius 2 is 2.24 bits per heavy atom. The minimum Gasteiger partial charge on any atom is -0.478 e. The van der Waals surface area contributed by atoms with E-state index in [-0.39, 0.29) is 5.91 Å². The minimum atomic E-state index is 0.0291. The molecule has 0 radical (unpaired) electrons. The van der Waals surface area contributed by atoms with Crippen molar-refractivity contribution in [3.63, 3.8) is 0 Å². The molecule has 2 heterocycles. The summed E-state index contributed by atoms with van der Waals surface area (Å²) in [4.78, 5) is 15.5. The third-order valence-corrected chi connectivity index (χ3v) is 3.17. The number of nitrogens with zero attached hydrogens (tertiary/aromatic N) is 1. The number of nitrogens with one attached hydrogen (secondary N) is 1. The summed E-state index contributed by atoms with van der Waals surface area (Å²) in [6.07, 6.45) is 3.39. The van der Waals surface area contributed by atoms with E-state index in [2.05, 4.69) is 26.2 Å². The van der Waals surface area contributed by atoms with Gasteiger partial charge in [-0.15, -0.1) is 0 Å². The molecule has 0 aromatic carbocycles. The van der Waals surface area contributed by atoms with Gasteiger partial charge in [0.15, 0.2) is 0 Å². The number of ether oxygens (including phenoxy) is 1. The Labute approximate surface area is 109 Å². The number of aryl methyl sites for hydroxylation is 1. The highest BCUT2D eigenvalue weighted by Crippen LogP contribution is 2.23. The molecule has 0 aliphatic carbocycles. The van der Waals surface area contributed by atoms with Gasteiger partial charge in [0, 0.05) is 17.8 Å². The Hall–Kier alpha value is -1.10. The number of carbonyl (C=O) groups is 1. The van der Waals surface area contributed by atoms with Crippen molar-refractivity contribution in [3.8, 4) is 5.88 Å². The van der Waals surface area contributed by atoms with Crippen LogP contribution in [0.25, 0.3) is 0 Å². The van der Waals surface area contributed by atoms with Crippen molar-refractivity contribution in [2.75, 3.05) is 17.3 Å². The van der Waals surface area contributed by atoms with Gasteiger partial charge in [0.1, 0.15) is 5.82 Å². The van der Waals surface area contributed by atoms with Crippen LogP contribution in [-0.4, -0.2) is 22.8 Å². The normalized spacial score (nSPS) is 14.1. The highest BCUT2D eigenvalue weighted by atomic mass is 79.9. The molecule has 1 aliphatic heterocycles. The van der Waals surface area contributed by atoms with Gasteiger partial charge in [-0.05, 0) is 30.9 Å². The molecule has 0 fully saturated rings. The number of rotatable bonds is 5. The summed E-state index contributed by atoms with van der Waals surface area (Å²) in [5.41, 5.74) is 1.08. The minimum absolute atomic E-state index is 0.0291. The van der Waals surface area contributed by atoms with E-state index in [1.54, 1.807) is 0 Å². The van der Waals surface area contributed by atoms with Gasteiger partial charge in [0.05, 0.1) is 6.61 Å². The van der Waals surface area contributed by atoms with Gasteiger partial charge in [0.2, 0.25) is 11.8 Å². The fourth-order valence-corrected chi connectivity index (χ4v) is 2.07. The highest BCUT2D eigenvalue weighted by molar-refractivity contribution is 9.09. The van der Waals surface area contributed by atoms with Gasteiger partial charge in [-0.3, -0.25) is 4.79 Å². The summed E-state index contributed by atoms with van der Waals surface area (Å²) in [6.45, 7) is 0.658. The van der Waals surface area contributed by atoms with Crippen LogP contribution in [0.5, 0.6) is 5.88 Å². The first kappa shape index (κ1) is 12.4. The number of carbonyl (C=O) groups excluding carboxylic acids is 1. The molecule has 0 saturated carbocycles. The summed E-state index contributed by atoms with van der Waals surface area (Å²) in [7, 11) is 0. The van der Waals surface area contributed by atoms with Crippen molar-refractivity contribution in [2.24, 2.45) is 0 Å². The van der Waals surface area contributed by atoms with Gasteiger partial charge >= 0.3 is 0 Å². The number of anilines is 1. The van der Waals surface area contributed by atoms with Crippen LogP contribution in [-0.2, 0) is 11.2 Å². The molecule has 1 amide bonds. The molecule has 0 spiro atoms. The van der Waals surface area contributed by atoms with E-state index in [1.807, 2.05) is 12.1 Å². The molecule has 17 heavy (non-hydrogen) atoms. The summed E-state index contributed by atoms with van der Waals surface area (Å²) in [6, 6.07) is 3.84. The molecule has 1 aromatic heterocycles. The molecule has 1 aromatic rings. The van der Waals surface area contributed by atoms with Crippen molar-refractivity contribution in [3.05, 3.63) is 17.7 Å². The van der Waals surface area contributed by atoms with Crippen LogP contribution in [0.3, 0.4) is 0 Å². The number of aromatic nitrogens is 1. The lowest BCUT2D eigenvalue weighted by atomic mass is 10.1. The second-order valence-electron chi connectivity index (χ2n) is 3.95. The summed E-state index contributed by atoms with van der Waals surface area (Å²) >= 11 is 3.37. The van der Waals surface area contributed by atoms with E-state index >= 15 is 0 Å². The first-order valence-electron chi connectivity index (χ1n) is 5.78. The number of pyridine rings is 1. The fraction of sp³-hybridized carbons (Fsp3) is 0.500. The smallest absolute Gasteiger partial charge is 0.225 e. The molecule has 2 rings (SSSR count). The number of hydrogen-bond acceptors (Lipinski definition) is 3. The van der Waals surface area contributed by atoms with Crippen LogP contribution < -0.4 is 10.1 Å². The second kappa shape index (κ2) is 6.00. The molecule has 1 aliphatic rings. The van der Waals surface area contributed by atoms with Gasteiger partial charge in [-0.25, -0.2) is 0 Å². The lowest BCUT2D eigenvalue weighted by Gasteiger charge is -2.16. The second-order valence-corrected chi connectivity index (χ2v) is 4.74. The average molecular weight is 299 g/mol.